The van der Waals surface area contributed by atoms with Gasteiger partial charge in [0.15, 0.2) is 9.84 Å². The summed E-state index contributed by atoms with van der Waals surface area (Å²) in [4.78, 5) is 24.4. The lowest BCUT2D eigenvalue weighted by Gasteiger charge is -2.09. The summed E-state index contributed by atoms with van der Waals surface area (Å²) in [7, 11) is -2.01. The van der Waals surface area contributed by atoms with E-state index in [1.807, 2.05) is 6.92 Å². The zero-order chi connectivity index (χ0) is 19.9. The monoisotopic (exact) mass is 390 g/mol. The highest BCUT2D eigenvalue weighted by molar-refractivity contribution is 7.91. The van der Waals surface area contributed by atoms with Gasteiger partial charge >= 0.3 is 0 Å². The standard InChI is InChI=1S/C19H22N2O5S/c1-3-20-18(22)15-5-4-6-16(13-15)21-19(23)14-7-9-17(10-8-14)27(24,25)12-11-26-2/h4-10,13H,3,11-12H2,1-2H3,(H,20,22)(H,21,23). The second-order valence-electron chi connectivity index (χ2n) is 5.73. The Bertz CT molecular complexity index is 908. The van der Waals surface area contributed by atoms with Crippen LogP contribution in [-0.4, -0.2) is 46.2 Å². The molecule has 2 aromatic rings. The lowest BCUT2D eigenvalue weighted by atomic mass is 10.1. The van der Waals surface area contributed by atoms with Crippen molar-refractivity contribution in [2.24, 2.45) is 0 Å². The molecule has 0 heterocycles. The van der Waals surface area contributed by atoms with E-state index in [9.17, 15) is 18.0 Å². The van der Waals surface area contributed by atoms with Crippen molar-refractivity contribution in [2.45, 2.75) is 11.8 Å². The third-order valence-corrected chi connectivity index (χ3v) is 5.45. The Morgan fingerprint density at radius 3 is 2.33 bits per heavy atom. The molecule has 0 radical (unpaired) electrons. The number of rotatable bonds is 8. The van der Waals surface area contributed by atoms with Crippen LogP contribution in [0.1, 0.15) is 27.6 Å². The predicted octanol–water partition coefficient (Wildman–Crippen LogP) is 2.11. The third-order valence-electron chi connectivity index (χ3n) is 3.75. The van der Waals surface area contributed by atoms with Crippen LogP contribution in [0.4, 0.5) is 5.69 Å². The smallest absolute Gasteiger partial charge is 0.255 e. The molecule has 0 fully saturated rings. The van der Waals surface area contributed by atoms with Crippen molar-refractivity contribution in [3.8, 4) is 0 Å². The normalized spacial score (nSPS) is 11.0. The van der Waals surface area contributed by atoms with Crippen LogP contribution in [0.25, 0.3) is 0 Å². The lowest BCUT2D eigenvalue weighted by molar-refractivity contribution is 0.0954. The van der Waals surface area contributed by atoms with Crippen LogP contribution in [0, 0.1) is 0 Å². The van der Waals surface area contributed by atoms with Crippen molar-refractivity contribution in [3.63, 3.8) is 0 Å². The van der Waals surface area contributed by atoms with Crippen molar-refractivity contribution >= 4 is 27.3 Å². The molecule has 0 aliphatic carbocycles. The van der Waals surface area contributed by atoms with Gasteiger partial charge in [-0.2, -0.15) is 0 Å². The zero-order valence-electron chi connectivity index (χ0n) is 15.2. The van der Waals surface area contributed by atoms with Crippen LogP contribution in [0.3, 0.4) is 0 Å². The van der Waals surface area contributed by atoms with Gasteiger partial charge in [-0.15, -0.1) is 0 Å². The number of hydrogen-bond donors (Lipinski definition) is 2. The highest BCUT2D eigenvalue weighted by Gasteiger charge is 2.15. The second kappa shape index (κ2) is 9.29. The Balaban J connectivity index is 2.10. The summed E-state index contributed by atoms with van der Waals surface area (Å²) >= 11 is 0. The van der Waals surface area contributed by atoms with Gasteiger partial charge in [0, 0.05) is 30.5 Å². The number of methoxy groups -OCH3 is 1. The molecule has 0 aliphatic heterocycles. The Morgan fingerprint density at radius 2 is 1.70 bits per heavy atom. The summed E-state index contributed by atoms with van der Waals surface area (Å²) in [6, 6.07) is 12.3. The van der Waals surface area contributed by atoms with Gasteiger partial charge in [0.2, 0.25) is 0 Å². The maximum atomic E-state index is 12.4. The number of benzene rings is 2. The van der Waals surface area contributed by atoms with E-state index in [4.69, 9.17) is 4.74 Å². The van der Waals surface area contributed by atoms with Crippen molar-refractivity contribution in [3.05, 3.63) is 59.7 Å². The van der Waals surface area contributed by atoms with Crippen LogP contribution in [0.15, 0.2) is 53.4 Å². The lowest BCUT2D eigenvalue weighted by Crippen LogP contribution is -2.22. The highest BCUT2D eigenvalue weighted by atomic mass is 32.2. The first-order chi connectivity index (χ1) is 12.9. The topological polar surface area (TPSA) is 102 Å². The minimum absolute atomic E-state index is 0.104. The van der Waals surface area contributed by atoms with Gasteiger partial charge in [-0.25, -0.2) is 8.42 Å². The maximum absolute atomic E-state index is 12.4. The van der Waals surface area contributed by atoms with Crippen molar-refractivity contribution in [1.82, 2.24) is 5.32 Å². The van der Waals surface area contributed by atoms with Crippen LogP contribution in [-0.2, 0) is 14.6 Å². The SMILES string of the molecule is CCNC(=O)c1cccc(NC(=O)c2ccc(S(=O)(=O)CCOC)cc2)c1. The minimum Gasteiger partial charge on any atom is -0.384 e. The molecule has 2 amide bonds. The number of carbonyl (C=O) groups excluding carboxylic acids is 2. The van der Waals surface area contributed by atoms with E-state index in [0.717, 1.165) is 0 Å². The molecule has 0 atom stereocenters. The van der Waals surface area contributed by atoms with Gasteiger partial charge in [0.25, 0.3) is 11.8 Å². The molecule has 2 aromatic carbocycles. The molecular weight excluding hydrogens is 368 g/mol. The van der Waals surface area contributed by atoms with Gasteiger partial charge in [-0.3, -0.25) is 9.59 Å². The number of anilines is 1. The molecule has 7 nitrogen and oxygen atoms in total. The number of carbonyl (C=O) groups is 2. The Labute approximate surface area is 158 Å². The van der Waals surface area contributed by atoms with E-state index in [1.165, 1.54) is 31.4 Å². The molecule has 0 saturated heterocycles. The molecular formula is C19H22N2O5S. The summed E-state index contributed by atoms with van der Waals surface area (Å²) in [6.07, 6.45) is 0. The molecule has 0 aliphatic rings. The average molecular weight is 390 g/mol. The molecule has 8 heteroatoms. The van der Waals surface area contributed by atoms with Crippen molar-refractivity contribution in [2.75, 3.05) is 31.3 Å². The van der Waals surface area contributed by atoms with Crippen molar-refractivity contribution < 1.29 is 22.7 Å². The molecule has 27 heavy (non-hydrogen) atoms. The fourth-order valence-corrected chi connectivity index (χ4v) is 3.50. The first kappa shape index (κ1) is 20.6. The fraction of sp³-hybridized carbons (Fsp3) is 0.263. The number of sulfone groups is 1. The Morgan fingerprint density at radius 1 is 1.00 bits per heavy atom. The minimum atomic E-state index is -3.45. The fourth-order valence-electron chi connectivity index (χ4n) is 2.33. The largest absolute Gasteiger partial charge is 0.384 e. The number of nitrogens with one attached hydrogen (secondary N) is 2. The Kier molecular flexibility index (Phi) is 7.09. The Hall–Kier alpha value is -2.71. The summed E-state index contributed by atoms with van der Waals surface area (Å²) in [5, 5.41) is 5.39. The summed E-state index contributed by atoms with van der Waals surface area (Å²) in [5.74, 6) is -0.745. The highest BCUT2D eigenvalue weighted by Crippen LogP contribution is 2.15. The zero-order valence-corrected chi connectivity index (χ0v) is 16.0. The van der Waals surface area contributed by atoms with Gasteiger partial charge in [-0.1, -0.05) is 6.07 Å². The molecule has 0 bridgehead atoms. The molecule has 0 saturated carbocycles. The molecule has 0 spiro atoms. The summed E-state index contributed by atoms with van der Waals surface area (Å²) < 4.78 is 29.0. The second-order valence-corrected chi connectivity index (χ2v) is 7.84. The maximum Gasteiger partial charge on any atom is 0.255 e. The average Bonchev–Trinajstić information content (AvgIpc) is 2.67. The van der Waals surface area contributed by atoms with Crippen LogP contribution in [0.5, 0.6) is 0 Å². The third kappa shape index (κ3) is 5.63. The van der Waals surface area contributed by atoms with Crippen LogP contribution >= 0.6 is 0 Å². The van der Waals surface area contributed by atoms with E-state index >= 15 is 0 Å². The van der Waals surface area contributed by atoms with E-state index in [1.54, 1.807) is 24.3 Å². The molecule has 2 N–H and O–H groups in total. The van der Waals surface area contributed by atoms with E-state index in [-0.39, 0.29) is 23.2 Å². The van der Waals surface area contributed by atoms with Crippen LogP contribution in [0.2, 0.25) is 0 Å². The van der Waals surface area contributed by atoms with Crippen molar-refractivity contribution in [1.29, 1.82) is 0 Å². The molecule has 0 unspecified atom stereocenters. The number of amides is 2. The first-order valence-corrected chi connectivity index (χ1v) is 10.0. The number of hydrogen-bond acceptors (Lipinski definition) is 5. The molecule has 0 aromatic heterocycles. The number of ether oxygens (including phenoxy) is 1. The molecule has 144 valence electrons. The van der Waals surface area contributed by atoms with Gasteiger partial charge < -0.3 is 15.4 Å². The van der Waals surface area contributed by atoms with E-state index in [0.29, 0.717) is 23.4 Å². The van der Waals surface area contributed by atoms with Gasteiger partial charge in [-0.05, 0) is 49.4 Å². The summed E-state index contributed by atoms with van der Waals surface area (Å²) in [5.41, 5.74) is 1.22. The predicted molar refractivity (Wildman–Crippen MR) is 103 cm³/mol. The van der Waals surface area contributed by atoms with E-state index in [2.05, 4.69) is 10.6 Å². The van der Waals surface area contributed by atoms with Gasteiger partial charge in [0.1, 0.15) is 0 Å². The molecule has 2 rings (SSSR count). The first-order valence-electron chi connectivity index (χ1n) is 8.38. The van der Waals surface area contributed by atoms with E-state index < -0.39 is 15.7 Å². The summed E-state index contributed by atoms with van der Waals surface area (Å²) in [6.45, 7) is 2.43. The van der Waals surface area contributed by atoms with Gasteiger partial charge in [0.05, 0.1) is 17.3 Å². The van der Waals surface area contributed by atoms with Crippen LogP contribution < -0.4 is 10.6 Å². The quantitative estimate of drug-likeness (QED) is 0.719.